The molecule has 0 radical (unpaired) electrons. The lowest BCUT2D eigenvalue weighted by Crippen LogP contribution is -2.48. The number of ether oxygens (including phenoxy) is 1. The summed E-state index contributed by atoms with van der Waals surface area (Å²) in [5, 5.41) is 8.60. The molecule has 1 unspecified atom stereocenters. The average Bonchev–Trinajstić information content (AvgIpc) is 2.26. The van der Waals surface area contributed by atoms with Crippen LogP contribution in [0.2, 0.25) is 0 Å². The molecule has 1 aliphatic heterocycles. The molecule has 0 spiro atoms. The van der Waals surface area contributed by atoms with Crippen LogP contribution in [0.25, 0.3) is 0 Å². The van der Waals surface area contributed by atoms with Gasteiger partial charge in [0.05, 0.1) is 6.10 Å². The van der Waals surface area contributed by atoms with Crippen LogP contribution in [0.4, 0.5) is 0 Å². The van der Waals surface area contributed by atoms with Gasteiger partial charge in [-0.25, -0.2) is 0 Å². The first-order valence-corrected chi connectivity index (χ1v) is 5.75. The summed E-state index contributed by atoms with van der Waals surface area (Å²) in [7, 11) is 3.90. The van der Waals surface area contributed by atoms with Gasteiger partial charge >= 0.3 is 5.97 Å². The fourth-order valence-corrected chi connectivity index (χ4v) is 1.68. The molecule has 0 aliphatic carbocycles. The van der Waals surface area contributed by atoms with Crippen LogP contribution in [-0.4, -0.2) is 73.2 Å². The first kappa shape index (κ1) is 13.9. The van der Waals surface area contributed by atoms with E-state index in [1.54, 1.807) is 4.90 Å². The summed E-state index contributed by atoms with van der Waals surface area (Å²) in [5.41, 5.74) is 0. The lowest BCUT2D eigenvalue weighted by molar-refractivity contribution is -0.150. The number of carbonyl (C=O) groups is 2. The smallest absolute Gasteiger partial charge is 0.303 e. The number of hydrogen-bond donors (Lipinski definition) is 1. The molecular formula is C11H20N2O4. The topological polar surface area (TPSA) is 70.1 Å². The Morgan fingerprint density at radius 1 is 1.59 bits per heavy atom. The molecular weight excluding hydrogens is 224 g/mol. The van der Waals surface area contributed by atoms with Crippen molar-refractivity contribution >= 4 is 11.9 Å². The summed E-state index contributed by atoms with van der Waals surface area (Å²) >= 11 is 0. The molecule has 1 N–H and O–H groups in total. The highest BCUT2D eigenvalue weighted by Crippen LogP contribution is 2.11. The zero-order valence-electron chi connectivity index (χ0n) is 10.4. The van der Waals surface area contributed by atoms with Crippen molar-refractivity contribution in [3.05, 3.63) is 0 Å². The first-order valence-electron chi connectivity index (χ1n) is 5.75. The Labute approximate surface area is 101 Å². The van der Waals surface area contributed by atoms with E-state index in [4.69, 9.17) is 9.84 Å². The van der Waals surface area contributed by atoms with Crippen molar-refractivity contribution in [2.45, 2.75) is 18.9 Å². The largest absolute Gasteiger partial charge is 0.481 e. The third-order valence-electron chi connectivity index (χ3n) is 2.72. The quantitative estimate of drug-likeness (QED) is 0.691. The van der Waals surface area contributed by atoms with E-state index in [-0.39, 0.29) is 25.0 Å². The Balaban J connectivity index is 2.36. The van der Waals surface area contributed by atoms with Gasteiger partial charge in [0.1, 0.15) is 6.61 Å². The van der Waals surface area contributed by atoms with Gasteiger partial charge in [-0.3, -0.25) is 9.59 Å². The summed E-state index contributed by atoms with van der Waals surface area (Å²) in [6, 6.07) is 0. The van der Waals surface area contributed by atoms with E-state index in [0.29, 0.717) is 19.5 Å². The van der Waals surface area contributed by atoms with Crippen LogP contribution in [0.15, 0.2) is 0 Å². The lowest BCUT2D eigenvalue weighted by Gasteiger charge is -2.33. The molecule has 0 aromatic heterocycles. The molecule has 0 bridgehead atoms. The van der Waals surface area contributed by atoms with Crippen LogP contribution in [-0.2, 0) is 14.3 Å². The Bertz CT molecular complexity index is 281. The average molecular weight is 244 g/mol. The molecule has 0 aromatic carbocycles. The van der Waals surface area contributed by atoms with Gasteiger partial charge in [-0.05, 0) is 20.5 Å². The van der Waals surface area contributed by atoms with Crippen molar-refractivity contribution in [2.24, 2.45) is 0 Å². The first-order chi connectivity index (χ1) is 7.99. The van der Waals surface area contributed by atoms with Gasteiger partial charge in [0.15, 0.2) is 0 Å². The van der Waals surface area contributed by atoms with Gasteiger partial charge in [-0.1, -0.05) is 0 Å². The van der Waals surface area contributed by atoms with Crippen LogP contribution < -0.4 is 0 Å². The number of carboxylic acid groups (broad SMARTS) is 1. The molecule has 1 saturated heterocycles. The SMILES string of the molecule is CN(C)CCN1CC(CCC(=O)O)OCC1=O. The second kappa shape index (κ2) is 6.56. The number of rotatable bonds is 6. The molecule has 6 heteroatoms. The number of likely N-dealkylation sites (N-methyl/N-ethyl adjacent to an activating group) is 1. The van der Waals surface area contributed by atoms with Crippen LogP contribution in [0.3, 0.4) is 0 Å². The second-order valence-corrected chi connectivity index (χ2v) is 4.51. The van der Waals surface area contributed by atoms with Crippen molar-refractivity contribution in [1.82, 2.24) is 9.80 Å². The van der Waals surface area contributed by atoms with Crippen molar-refractivity contribution in [1.29, 1.82) is 0 Å². The third kappa shape index (κ3) is 5.14. The molecule has 1 fully saturated rings. The number of nitrogens with zero attached hydrogens (tertiary/aromatic N) is 2. The van der Waals surface area contributed by atoms with Crippen molar-refractivity contribution < 1.29 is 19.4 Å². The highest BCUT2D eigenvalue weighted by Gasteiger charge is 2.26. The molecule has 1 rings (SSSR count). The van der Waals surface area contributed by atoms with Gasteiger partial charge in [0.25, 0.3) is 0 Å². The maximum absolute atomic E-state index is 11.6. The zero-order valence-corrected chi connectivity index (χ0v) is 10.4. The third-order valence-corrected chi connectivity index (χ3v) is 2.72. The minimum Gasteiger partial charge on any atom is -0.481 e. The fraction of sp³-hybridized carbons (Fsp3) is 0.818. The molecule has 98 valence electrons. The van der Waals surface area contributed by atoms with E-state index in [9.17, 15) is 9.59 Å². The maximum atomic E-state index is 11.6. The number of carboxylic acids is 1. The molecule has 0 saturated carbocycles. The molecule has 1 amide bonds. The maximum Gasteiger partial charge on any atom is 0.303 e. The molecule has 17 heavy (non-hydrogen) atoms. The predicted molar refractivity (Wildman–Crippen MR) is 61.7 cm³/mol. The summed E-state index contributed by atoms with van der Waals surface area (Å²) in [5.74, 6) is -0.844. The van der Waals surface area contributed by atoms with E-state index in [1.165, 1.54) is 0 Å². The van der Waals surface area contributed by atoms with Crippen LogP contribution in [0.5, 0.6) is 0 Å². The number of morpholine rings is 1. The Morgan fingerprint density at radius 3 is 2.88 bits per heavy atom. The Kier molecular flexibility index (Phi) is 5.37. The zero-order chi connectivity index (χ0) is 12.8. The van der Waals surface area contributed by atoms with Gasteiger partial charge in [-0.2, -0.15) is 0 Å². The minimum atomic E-state index is -0.828. The van der Waals surface area contributed by atoms with Crippen molar-refractivity contribution in [2.75, 3.05) is 40.3 Å². The van der Waals surface area contributed by atoms with E-state index in [0.717, 1.165) is 6.54 Å². The minimum absolute atomic E-state index is 0.0153. The second-order valence-electron chi connectivity index (χ2n) is 4.51. The number of carbonyl (C=O) groups excluding carboxylic acids is 1. The molecule has 0 aromatic rings. The van der Waals surface area contributed by atoms with E-state index in [1.807, 2.05) is 19.0 Å². The number of hydrogen-bond acceptors (Lipinski definition) is 4. The Hall–Kier alpha value is -1.14. The molecule has 6 nitrogen and oxygen atoms in total. The predicted octanol–water partition coefficient (Wildman–Crippen LogP) is -0.360. The highest BCUT2D eigenvalue weighted by molar-refractivity contribution is 5.78. The van der Waals surface area contributed by atoms with Gasteiger partial charge < -0.3 is 19.6 Å². The van der Waals surface area contributed by atoms with E-state index in [2.05, 4.69) is 0 Å². The molecule has 1 heterocycles. The summed E-state index contributed by atoms with van der Waals surface area (Å²) in [6.45, 7) is 2.04. The number of amides is 1. The van der Waals surface area contributed by atoms with Gasteiger partial charge in [0.2, 0.25) is 5.91 Å². The molecule has 1 atom stereocenters. The van der Waals surface area contributed by atoms with E-state index < -0.39 is 5.97 Å². The van der Waals surface area contributed by atoms with Crippen LogP contribution >= 0.6 is 0 Å². The van der Waals surface area contributed by atoms with Crippen molar-refractivity contribution in [3.8, 4) is 0 Å². The van der Waals surface area contributed by atoms with Crippen LogP contribution in [0, 0.1) is 0 Å². The van der Waals surface area contributed by atoms with Crippen LogP contribution in [0.1, 0.15) is 12.8 Å². The lowest BCUT2D eigenvalue weighted by atomic mass is 10.1. The normalized spacial score (nSPS) is 21.0. The van der Waals surface area contributed by atoms with E-state index >= 15 is 0 Å². The number of aliphatic carboxylic acids is 1. The fourth-order valence-electron chi connectivity index (χ4n) is 1.68. The highest BCUT2D eigenvalue weighted by atomic mass is 16.5. The Morgan fingerprint density at radius 2 is 2.29 bits per heavy atom. The molecule has 1 aliphatic rings. The summed E-state index contributed by atoms with van der Waals surface area (Å²) < 4.78 is 5.31. The van der Waals surface area contributed by atoms with Gasteiger partial charge in [0, 0.05) is 26.1 Å². The summed E-state index contributed by atoms with van der Waals surface area (Å²) in [4.78, 5) is 25.8. The van der Waals surface area contributed by atoms with Crippen molar-refractivity contribution in [3.63, 3.8) is 0 Å². The monoisotopic (exact) mass is 244 g/mol. The summed E-state index contributed by atoms with van der Waals surface area (Å²) in [6.07, 6.45) is 0.396. The standard InChI is InChI=1S/C11H20N2O4/c1-12(2)5-6-13-7-9(3-4-11(15)16)17-8-10(13)14/h9H,3-8H2,1-2H3,(H,15,16). The van der Waals surface area contributed by atoms with Gasteiger partial charge in [-0.15, -0.1) is 0 Å².